The monoisotopic (exact) mass is 383 g/mol. The number of hydrogen-bond donors (Lipinski definition) is 1. The average molecular weight is 383 g/mol. The van der Waals surface area contributed by atoms with E-state index >= 15 is 0 Å². The van der Waals surface area contributed by atoms with E-state index in [-0.39, 0.29) is 0 Å². The van der Waals surface area contributed by atoms with Crippen LogP contribution in [0, 0.1) is 0 Å². The summed E-state index contributed by atoms with van der Waals surface area (Å²) in [5.41, 5.74) is -0.772. The van der Waals surface area contributed by atoms with E-state index in [4.69, 9.17) is 13.9 Å². The molecule has 0 aliphatic rings. The number of nitrogens with one attached hydrogen (secondary N) is 1. The van der Waals surface area contributed by atoms with Crippen molar-refractivity contribution in [1.82, 2.24) is 9.78 Å². The van der Waals surface area contributed by atoms with Gasteiger partial charge in [0.15, 0.2) is 5.76 Å². The molecule has 0 saturated carbocycles. The van der Waals surface area contributed by atoms with Crippen molar-refractivity contribution in [2.75, 3.05) is 19.5 Å². The molecule has 8 heteroatoms. The number of benzene rings is 1. The van der Waals surface area contributed by atoms with Crippen molar-refractivity contribution in [3.63, 3.8) is 0 Å². The third-order valence-corrected chi connectivity index (χ3v) is 4.32. The zero-order valence-electron chi connectivity index (χ0n) is 16.1. The van der Waals surface area contributed by atoms with Crippen LogP contribution in [0.5, 0.6) is 11.5 Å². The topological polar surface area (TPSA) is 95.6 Å². The Hall–Kier alpha value is -3.55. The molecule has 1 amide bonds. The molecule has 0 aliphatic carbocycles. The second-order valence-corrected chi connectivity index (χ2v) is 6.53. The third-order valence-electron chi connectivity index (χ3n) is 4.32. The van der Waals surface area contributed by atoms with Gasteiger partial charge in [-0.15, -0.1) is 0 Å². The van der Waals surface area contributed by atoms with Crippen LogP contribution in [0.4, 0.5) is 5.69 Å². The Morgan fingerprint density at radius 3 is 2.57 bits per heavy atom. The summed E-state index contributed by atoms with van der Waals surface area (Å²) in [6, 6.07) is 11.4. The van der Waals surface area contributed by atoms with Gasteiger partial charge in [0.1, 0.15) is 22.7 Å². The fourth-order valence-electron chi connectivity index (χ4n) is 2.64. The zero-order chi connectivity index (χ0) is 20.3. The highest BCUT2D eigenvalue weighted by atomic mass is 16.5. The van der Waals surface area contributed by atoms with E-state index in [1.54, 1.807) is 57.4 Å². The van der Waals surface area contributed by atoms with Crippen LogP contribution in [0.1, 0.15) is 13.8 Å². The van der Waals surface area contributed by atoms with Crippen molar-refractivity contribution in [2.45, 2.75) is 19.4 Å². The number of amides is 1. The quantitative estimate of drug-likeness (QED) is 0.703. The maximum atomic E-state index is 13.0. The molecule has 0 unspecified atom stereocenters. The first-order valence-electron chi connectivity index (χ1n) is 8.55. The van der Waals surface area contributed by atoms with Gasteiger partial charge in [-0.25, -0.2) is 4.68 Å². The molecule has 2 heterocycles. The summed E-state index contributed by atoms with van der Waals surface area (Å²) < 4.78 is 16.9. The summed E-state index contributed by atoms with van der Waals surface area (Å²) in [7, 11) is 3.04. The molecular weight excluding hydrogens is 362 g/mol. The third kappa shape index (κ3) is 3.62. The van der Waals surface area contributed by atoms with E-state index in [1.165, 1.54) is 19.4 Å². The van der Waals surface area contributed by atoms with Crippen LogP contribution in [-0.2, 0) is 10.3 Å². The van der Waals surface area contributed by atoms with Gasteiger partial charge in [0.05, 0.1) is 26.2 Å². The standard InChI is InChI=1S/C20H21N3O5/c1-20(2,19(25)21-14-8-7-13(26-3)12-17(14)27-4)23-18(24)10-9-15(22-23)16-6-5-11-28-16/h5-12H,1-4H3,(H,21,25). The number of rotatable bonds is 6. The molecule has 8 nitrogen and oxygen atoms in total. The minimum atomic E-state index is -1.27. The summed E-state index contributed by atoms with van der Waals surface area (Å²) in [5.74, 6) is 1.11. The Kier molecular flexibility index (Phi) is 5.21. The Labute approximate surface area is 161 Å². The number of carbonyl (C=O) groups is 1. The first-order chi connectivity index (χ1) is 13.4. The number of anilines is 1. The Morgan fingerprint density at radius 2 is 1.93 bits per heavy atom. The van der Waals surface area contributed by atoms with Crippen LogP contribution < -0.4 is 20.3 Å². The Balaban J connectivity index is 1.94. The molecule has 3 rings (SSSR count). The fraction of sp³-hybridized carbons (Fsp3) is 0.250. The summed E-state index contributed by atoms with van der Waals surface area (Å²) in [6.45, 7) is 3.22. The number of carbonyl (C=O) groups excluding carboxylic acids is 1. The predicted octanol–water partition coefficient (Wildman–Crippen LogP) is 2.89. The molecule has 1 N–H and O–H groups in total. The van der Waals surface area contributed by atoms with Gasteiger partial charge >= 0.3 is 0 Å². The lowest BCUT2D eigenvalue weighted by Crippen LogP contribution is -2.47. The van der Waals surface area contributed by atoms with Gasteiger partial charge in [-0.2, -0.15) is 5.10 Å². The largest absolute Gasteiger partial charge is 0.497 e. The van der Waals surface area contributed by atoms with Crippen molar-refractivity contribution < 1.29 is 18.7 Å². The van der Waals surface area contributed by atoms with Crippen molar-refractivity contribution in [2.24, 2.45) is 0 Å². The van der Waals surface area contributed by atoms with Crippen molar-refractivity contribution in [1.29, 1.82) is 0 Å². The van der Waals surface area contributed by atoms with E-state index in [9.17, 15) is 9.59 Å². The Bertz CT molecular complexity index is 1040. The maximum Gasteiger partial charge on any atom is 0.267 e. The summed E-state index contributed by atoms with van der Waals surface area (Å²) in [4.78, 5) is 25.4. The van der Waals surface area contributed by atoms with Gasteiger partial charge in [0, 0.05) is 12.1 Å². The van der Waals surface area contributed by atoms with Gasteiger partial charge < -0.3 is 19.2 Å². The first-order valence-corrected chi connectivity index (χ1v) is 8.55. The lowest BCUT2D eigenvalue weighted by Gasteiger charge is -2.25. The van der Waals surface area contributed by atoms with Crippen molar-refractivity contribution in [3.8, 4) is 23.0 Å². The molecule has 1 aromatic carbocycles. The molecule has 2 aromatic heterocycles. The second kappa shape index (κ2) is 7.59. The maximum absolute atomic E-state index is 13.0. The molecule has 0 radical (unpaired) electrons. The molecule has 28 heavy (non-hydrogen) atoms. The fourth-order valence-corrected chi connectivity index (χ4v) is 2.64. The van der Waals surface area contributed by atoms with E-state index in [1.807, 2.05) is 0 Å². The van der Waals surface area contributed by atoms with Crippen LogP contribution in [0.3, 0.4) is 0 Å². The van der Waals surface area contributed by atoms with Crippen LogP contribution in [-0.4, -0.2) is 29.9 Å². The predicted molar refractivity (Wildman–Crippen MR) is 104 cm³/mol. The van der Waals surface area contributed by atoms with Gasteiger partial charge in [-0.1, -0.05) is 0 Å². The number of ether oxygens (including phenoxy) is 2. The molecule has 146 valence electrons. The number of furan rings is 1. The van der Waals surface area contributed by atoms with E-state index < -0.39 is 17.0 Å². The molecule has 0 atom stereocenters. The van der Waals surface area contributed by atoms with Gasteiger partial charge in [0.25, 0.3) is 11.5 Å². The highest BCUT2D eigenvalue weighted by Gasteiger charge is 2.33. The molecule has 0 fully saturated rings. The number of methoxy groups -OCH3 is 2. The minimum absolute atomic E-state index is 0.405. The molecule has 0 saturated heterocycles. The molecule has 0 spiro atoms. The molecule has 0 aliphatic heterocycles. The molecule has 0 bridgehead atoms. The zero-order valence-corrected chi connectivity index (χ0v) is 16.1. The summed E-state index contributed by atoms with van der Waals surface area (Å²) >= 11 is 0. The number of hydrogen-bond acceptors (Lipinski definition) is 6. The Morgan fingerprint density at radius 1 is 1.14 bits per heavy atom. The van der Waals surface area contributed by atoms with Gasteiger partial charge in [-0.05, 0) is 44.2 Å². The van der Waals surface area contributed by atoms with E-state index in [0.717, 1.165) is 4.68 Å². The minimum Gasteiger partial charge on any atom is -0.497 e. The van der Waals surface area contributed by atoms with Crippen LogP contribution in [0.2, 0.25) is 0 Å². The average Bonchev–Trinajstić information content (AvgIpc) is 3.23. The van der Waals surface area contributed by atoms with Crippen molar-refractivity contribution >= 4 is 11.6 Å². The molecular formula is C20H21N3O5. The summed E-state index contributed by atoms with van der Waals surface area (Å²) in [5, 5.41) is 7.11. The normalized spacial score (nSPS) is 11.1. The summed E-state index contributed by atoms with van der Waals surface area (Å²) in [6.07, 6.45) is 1.51. The SMILES string of the molecule is COc1ccc(NC(=O)C(C)(C)n2nc(-c3ccco3)ccc2=O)c(OC)c1. The second-order valence-electron chi connectivity index (χ2n) is 6.53. The highest BCUT2D eigenvalue weighted by Crippen LogP contribution is 2.30. The lowest BCUT2D eigenvalue weighted by atomic mass is 10.0. The van der Waals surface area contributed by atoms with Crippen molar-refractivity contribution in [3.05, 3.63) is 59.1 Å². The van der Waals surface area contributed by atoms with Crippen LogP contribution >= 0.6 is 0 Å². The van der Waals surface area contributed by atoms with Crippen LogP contribution in [0.25, 0.3) is 11.5 Å². The van der Waals surface area contributed by atoms with Crippen LogP contribution in [0.15, 0.2) is 57.9 Å². The van der Waals surface area contributed by atoms with Gasteiger partial charge in [0.2, 0.25) is 0 Å². The first kappa shape index (κ1) is 19.2. The number of aromatic nitrogens is 2. The van der Waals surface area contributed by atoms with Gasteiger partial charge in [-0.3, -0.25) is 9.59 Å². The lowest BCUT2D eigenvalue weighted by molar-refractivity contribution is -0.123. The smallest absolute Gasteiger partial charge is 0.267 e. The van der Waals surface area contributed by atoms with E-state index in [2.05, 4.69) is 10.4 Å². The van der Waals surface area contributed by atoms with E-state index in [0.29, 0.717) is 28.6 Å². The highest BCUT2D eigenvalue weighted by molar-refractivity contribution is 5.97. The number of nitrogens with zero attached hydrogens (tertiary/aromatic N) is 2. The molecule has 3 aromatic rings.